The summed E-state index contributed by atoms with van der Waals surface area (Å²) in [6.45, 7) is 2.01. The van der Waals surface area contributed by atoms with Crippen LogP contribution in [0.3, 0.4) is 0 Å². The van der Waals surface area contributed by atoms with Crippen molar-refractivity contribution in [1.29, 1.82) is 5.26 Å². The van der Waals surface area contributed by atoms with Gasteiger partial charge in [0.05, 0.1) is 10.9 Å². The van der Waals surface area contributed by atoms with Crippen molar-refractivity contribution in [1.82, 2.24) is 5.32 Å². The maximum Gasteiger partial charge on any atom is 0.262 e. The van der Waals surface area contributed by atoms with E-state index in [1.165, 1.54) is 23.3 Å². The minimum Gasteiger partial charge on any atom is -0.336 e. The van der Waals surface area contributed by atoms with Gasteiger partial charge in [-0.05, 0) is 43.7 Å². The second kappa shape index (κ2) is 6.01. The van der Waals surface area contributed by atoms with Gasteiger partial charge in [-0.3, -0.25) is 4.79 Å². The van der Waals surface area contributed by atoms with Gasteiger partial charge in [0, 0.05) is 4.88 Å². The Morgan fingerprint density at radius 3 is 3.00 bits per heavy atom. The van der Waals surface area contributed by atoms with Gasteiger partial charge >= 0.3 is 0 Å². The van der Waals surface area contributed by atoms with Gasteiger partial charge in [-0.15, -0.1) is 11.3 Å². The normalized spacial score (nSPS) is 15.6. The lowest BCUT2D eigenvalue weighted by Crippen LogP contribution is -2.33. The summed E-state index contributed by atoms with van der Waals surface area (Å²) in [6.07, 6.45) is 6.26. The molecule has 1 N–H and O–H groups in total. The van der Waals surface area contributed by atoms with Crippen molar-refractivity contribution in [2.45, 2.75) is 51.5 Å². The van der Waals surface area contributed by atoms with Gasteiger partial charge in [0.15, 0.2) is 0 Å². The topological polar surface area (TPSA) is 52.9 Å². The molecule has 0 radical (unpaired) electrons. The summed E-state index contributed by atoms with van der Waals surface area (Å²) < 4.78 is 0. The molecule has 1 heterocycles. The van der Waals surface area contributed by atoms with Crippen LogP contribution < -0.4 is 5.32 Å². The van der Waals surface area contributed by atoms with Crippen molar-refractivity contribution >= 4 is 17.2 Å². The lowest BCUT2D eigenvalue weighted by atomic mass is 9.99. The number of nitrogens with one attached hydrogen (secondary N) is 1. The van der Waals surface area contributed by atoms with Crippen LogP contribution in [0.25, 0.3) is 0 Å². The third-order valence-electron chi connectivity index (χ3n) is 3.26. The Kier molecular flexibility index (Phi) is 4.38. The molecule has 0 spiro atoms. The lowest BCUT2D eigenvalue weighted by molar-refractivity contribution is 0.0948. The van der Waals surface area contributed by atoms with E-state index in [4.69, 9.17) is 5.26 Å². The predicted octanol–water partition coefficient (Wildman–Crippen LogP) is 3.05. The number of rotatable bonds is 4. The fraction of sp³-hybridized carbons (Fsp3) is 0.571. The number of hydrogen-bond donors (Lipinski definition) is 1. The maximum absolute atomic E-state index is 12.1. The molecule has 3 nitrogen and oxygen atoms in total. The molecule has 1 aliphatic rings. The number of nitriles is 1. The molecule has 1 aromatic heterocycles. The molecular weight excluding hydrogens is 244 g/mol. The number of thiophene rings is 1. The molecule has 18 heavy (non-hydrogen) atoms. The van der Waals surface area contributed by atoms with Gasteiger partial charge in [0.1, 0.15) is 6.04 Å². The zero-order valence-corrected chi connectivity index (χ0v) is 11.5. The first kappa shape index (κ1) is 13.1. The number of aryl methyl sites for hydroxylation is 2. The van der Waals surface area contributed by atoms with E-state index in [9.17, 15) is 4.79 Å². The van der Waals surface area contributed by atoms with Crippen LogP contribution >= 0.6 is 11.3 Å². The van der Waals surface area contributed by atoms with Crippen LogP contribution in [-0.4, -0.2) is 11.9 Å². The fourth-order valence-electron chi connectivity index (χ4n) is 2.29. The first-order valence-corrected chi connectivity index (χ1v) is 7.38. The number of hydrogen-bond acceptors (Lipinski definition) is 3. The first-order chi connectivity index (χ1) is 8.74. The molecule has 0 aromatic carbocycles. The second-order valence-corrected chi connectivity index (χ2v) is 5.85. The zero-order chi connectivity index (χ0) is 13.0. The molecule has 4 heteroatoms. The Morgan fingerprint density at radius 1 is 1.56 bits per heavy atom. The van der Waals surface area contributed by atoms with Crippen LogP contribution in [0.4, 0.5) is 0 Å². The smallest absolute Gasteiger partial charge is 0.262 e. The van der Waals surface area contributed by atoms with Gasteiger partial charge in [-0.2, -0.15) is 5.26 Å². The molecular formula is C14H18N2OS. The van der Waals surface area contributed by atoms with Crippen LogP contribution in [0.15, 0.2) is 6.07 Å². The summed E-state index contributed by atoms with van der Waals surface area (Å²) in [4.78, 5) is 14.2. The third-order valence-corrected chi connectivity index (χ3v) is 4.49. The summed E-state index contributed by atoms with van der Waals surface area (Å²) in [6, 6.07) is 3.79. The van der Waals surface area contributed by atoms with E-state index in [1.54, 1.807) is 11.3 Å². The van der Waals surface area contributed by atoms with Crippen LogP contribution in [0.2, 0.25) is 0 Å². The average Bonchev–Trinajstić information content (AvgIpc) is 2.82. The summed E-state index contributed by atoms with van der Waals surface area (Å²) in [5.74, 6) is -0.0885. The summed E-state index contributed by atoms with van der Waals surface area (Å²) in [5, 5.41) is 11.8. The summed E-state index contributed by atoms with van der Waals surface area (Å²) >= 11 is 1.59. The highest BCUT2D eigenvalue weighted by Crippen LogP contribution is 2.29. The van der Waals surface area contributed by atoms with Crippen LogP contribution in [0, 0.1) is 11.3 Å². The predicted molar refractivity (Wildman–Crippen MR) is 72.7 cm³/mol. The molecule has 96 valence electrons. The number of fused-ring (bicyclic) bond motifs is 1. The van der Waals surface area contributed by atoms with Gasteiger partial charge in [-0.25, -0.2) is 0 Å². The molecule has 1 atom stereocenters. The highest BCUT2D eigenvalue weighted by atomic mass is 32.1. The molecule has 1 unspecified atom stereocenters. The summed E-state index contributed by atoms with van der Waals surface area (Å²) in [5.41, 5.74) is 1.33. The maximum atomic E-state index is 12.1. The van der Waals surface area contributed by atoms with Crippen LogP contribution in [-0.2, 0) is 12.8 Å². The van der Waals surface area contributed by atoms with Crippen molar-refractivity contribution < 1.29 is 4.79 Å². The molecule has 0 saturated carbocycles. The number of amides is 1. The third kappa shape index (κ3) is 2.91. The molecule has 1 amide bonds. The van der Waals surface area contributed by atoms with E-state index < -0.39 is 0 Å². The standard InChI is InChI=1S/C14H18N2OS/c1-2-5-11(9-15)16-14(17)13-8-10-6-3-4-7-12(10)18-13/h8,11H,2-7H2,1H3,(H,16,17). The van der Waals surface area contributed by atoms with E-state index in [1.807, 2.05) is 13.0 Å². The van der Waals surface area contributed by atoms with Gasteiger partial charge < -0.3 is 5.32 Å². The second-order valence-electron chi connectivity index (χ2n) is 4.71. The molecule has 1 aliphatic carbocycles. The van der Waals surface area contributed by atoms with Crippen LogP contribution in [0.1, 0.15) is 52.7 Å². The molecule has 0 fully saturated rings. The molecule has 2 rings (SSSR count). The highest BCUT2D eigenvalue weighted by molar-refractivity contribution is 7.14. The number of carbonyl (C=O) groups excluding carboxylic acids is 1. The minimum absolute atomic E-state index is 0.0885. The summed E-state index contributed by atoms with van der Waals surface area (Å²) in [7, 11) is 0. The molecule has 1 aromatic rings. The van der Waals surface area contributed by atoms with Crippen molar-refractivity contribution in [3.05, 3.63) is 21.4 Å². The Labute approximate surface area is 112 Å². The average molecular weight is 262 g/mol. The van der Waals surface area contributed by atoms with Crippen molar-refractivity contribution in [3.63, 3.8) is 0 Å². The quantitative estimate of drug-likeness (QED) is 0.906. The monoisotopic (exact) mass is 262 g/mol. The SMILES string of the molecule is CCCC(C#N)NC(=O)c1cc2c(s1)CCCC2. The number of carbonyl (C=O) groups is 1. The molecule has 0 bridgehead atoms. The Bertz CT molecular complexity index is 449. The minimum atomic E-state index is -0.360. The van der Waals surface area contributed by atoms with E-state index in [0.29, 0.717) is 6.42 Å². The van der Waals surface area contributed by atoms with Crippen molar-refractivity contribution in [2.75, 3.05) is 0 Å². The van der Waals surface area contributed by atoms with E-state index in [2.05, 4.69) is 11.4 Å². The lowest BCUT2D eigenvalue weighted by Gasteiger charge is -2.08. The van der Waals surface area contributed by atoms with E-state index >= 15 is 0 Å². The highest BCUT2D eigenvalue weighted by Gasteiger charge is 2.19. The largest absolute Gasteiger partial charge is 0.336 e. The van der Waals surface area contributed by atoms with Crippen molar-refractivity contribution in [2.24, 2.45) is 0 Å². The van der Waals surface area contributed by atoms with E-state index in [-0.39, 0.29) is 11.9 Å². The zero-order valence-electron chi connectivity index (χ0n) is 10.7. The van der Waals surface area contributed by atoms with Crippen molar-refractivity contribution in [3.8, 4) is 6.07 Å². The molecule has 0 aliphatic heterocycles. The first-order valence-electron chi connectivity index (χ1n) is 6.56. The van der Waals surface area contributed by atoms with Gasteiger partial charge in [0.25, 0.3) is 5.91 Å². The van der Waals surface area contributed by atoms with Gasteiger partial charge in [0.2, 0.25) is 0 Å². The fourth-order valence-corrected chi connectivity index (χ4v) is 3.45. The Hall–Kier alpha value is -1.34. The number of nitrogens with zero attached hydrogens (tertiary/aromatic N) is 1. The Morgan fingerprint density at radius 2 is 2.33 bits per heavy atom. The van der Waals surface area contributed by atoms with Gasteiger partial charge in [-0.1, -0.05) is 13.3 Å². The Balaban J connectivity index is 2.05. The van der Waals surface area contributed by atoms with E-state index in [0.717, 1.165) is 24.1 Å². The molecule has 0 saturated heterocycles. The van der Waals surface area contributed by atoms with Crippen LogP contribution in [0.5, 0.6) is 0 Å².